The van der Waals surface area contributed by atoms with Gasteiger partial charge in [-0.3, -0.25) is 9.59 Å². The normalized spacial score (nSPS) is 19.8. The van der Waals surface area contributed by atoms with Gasteiger partial charge in [0.05, 0.1) is 15.5 Å². The van der Waals surface area contributed by atoms with Gasteiger partial charge in [-0.2, -0.15) is 29.9 Å². The average Bonchev–Trinajstić information content (AvgIpc) is 3.28. The quantitative estimate of drug-likeness (QED) is 0.485. The molecule has 1 aromatic heterocycles. The molecule has 38 heavy (non-hydrogen) atoms. The van der Waals surface area contributed by atoms with E-state index in [-0.39, 0.29) is 22.7 Å². The number of amides is 2. The minimum absolute atomic E-state index is 0.0778. The molecule has 7 nitrogen and oxygen atoms in total. The van der Waals surface area contributed by atoms with E-state index in [1.165, 1.54) is 11.8 Å². The van der Waals surface area contributed by atoms with Gasteiger partial charge in [0.25, 0.3) is 11.8 Å². The number of thioether (sulfide) groups is 2. The van der Waals surface area contributed by atoms with Gasteiger partial charge in [0.2, 0.25) is 0 Å². The number of piperazine rings is 1. The van der Waals surface area contributed by atoms with E-state index in [0.29, 0.717) is 36.6 Å². The summed E-state index contributed by atoms with van der Waals surface area (Å²) in [7, 11) is 0. The number of carbonyl (C=O) groups is 2. The second-order valence-corrected chi connectivity index (χ2v) is 11.5. The van der Waals surface area contributed by atoms with Crippen molar-refractivity contribution in [3.05, 3.63) is 63.1 Å². The lowest BCUT2D eigenvalue weighted by Crippen LogP contribution is -2.49. The number of pyridine rings is 1. The zero-order valence-electron chi connectivity index (χ0n) is 20.1. The zero-order valence-corrected chi connectivity index (χ0v) is 22.5. The number of halogens is 4. The fourth-order valence-electron chi connectivity index (χ4n) is 4.32. The van der Waals surface area contributed by atoms with E-state index < -0.39 is 11.7 Å². The number of aromatic nitrogens is 1. The molecule has 0 radical (unpaired) electrons. The van der Waals surface area contributed by atoms with Crippen molar-refractivity contribution in [2.24, 2.45) is 4.99 Å². The number of amidine groups is 1. The molecule has 0 unspecified atom stereocenters. The summed E-state index contributed by atoms with van der Waals surface area (Å²) >= 11 is 9.34. The molecule has 0 aliphatic carbocycles. The molecule has 3 aliphatic rings. The van der Waals surface area contributed by atoms with Crippen LogP contribution in [0.3, 0.4) is 0 Å². The Morgan fingerprint density at radius 3 is 2.45 bits per heavy atom. The van der Waals surface area contributed by atoms with Crippen molar-refractivity contribution in [2.45, 2.75) is 6.18 Å². The van der Waals surface area contributed by atoms with Crippen molar-refractivity contribution in [2.75, 3.05) is 55.7 Å². The first kappa shape index (κ1) is 26.9. The molecule has 5 rings (SSSR count). The van der Waals surface area contributed by atoms with E-state index in [2.05, 4.69) is 14.9 Å². The lowest BCUT2D eigenvalue weighted by molar-refractivity contribution is -0.137. The Hall–Kier alpha value is -2.70. The number of nitrogens with zero attached hydrogens (tertiary/aromatic N) is 5. The molecule has 1 aromatic carbocycles. The monoisotopic (exact) mass is 581 g/mol. The summed E-state index contributed by atoms with van der Waals surface area (Å²) in [6.45, 7) is 3.23. The Morgan fingerprint density at radius 1 is 1.03 bits per heavy atom. The molecule has 0 spiro atoms. The molecule has 2 fully saturated rings. The minimum atomic E-state index is -4.52. The SMILES string of the molecule is O=C1N=C(N2CCSCC2)S/C1=C/c1cccc(C(=O)N2CCN(c3ncc(C(F)(F)F)cc3Cl)CC2)c1. The van der Waals surface area contributed by atoms with Crippen molar-refractivity contribution in [1.82, 2.24) is 14.8 Å². The van der Waals surface area contributed by atoms with Crippen LogP contribution in [0.2, 0.25) is 5.02 Å². The first-order valence-corrected chi connectivity index (χ1v) is 14.3. The maximum absolute atomic E-state index is 13.2. The smallest absolute Gasteiger partial charge is 0.352 e. The molecule has 0 atom stereocenters. The van der Waals surface area contributed by atoms with Gasteiger partial charge in [-0.05, 0) is 41.6 Å². The largest absolute Gasteiger partial charge is 0.417 e. The van der Waals surface area contributed by atoms with Crippen LogP contribution in [0, 0.1) is 0 Å². The number of hydrogen-bond acceptors (Lipinski definition) is 7. The van der Waals surface area contributed by atoms with Gasteiger partial charge in [0.15, 0.2) is 5.17 Å². The van der Waals surface area contributed by atoms with Crippen LogP contribution in [0.25, 0.3) is 6.08 Å². The second kappa shape index (κ2) is 11.2. The second-order valence-electron chi connectivity index (χ2n) is 8.84. The van der Waals surface area contributed by atoms with Gasteiger partial charge in [0, 0.05) is 62.5 Å². The Labute approximate surface area is 231 Å². The number of aliphatic imine (C=N–C) groups is 1. The van der Waals surface area contributed by atoms with Crippen LogP contribution in [0.4, 0.5) is 19.0 Å². The van der Waals surface area contributed by atoms with E-state index in [1.54, 1.807) is 34.1 Å². The number of hydrogen-bond donors (Lipinski definition) is 0. The number of alkyl halides is 3. The summed E-state index contributed by atoms with van der Waals surface area (Å²) in [5.74, 6) is 1.86. The highest BCUT2D eigenvalue weighted by Gasteiger charge is 2.33. The summed E-state index contributed by atoms with van der Waals surface area (Å²) < 4.78 is 38.7. The minimum Gasteiger partial charge on any atom is -0.352 e. The predicted octanol–water partition coefficient (Wildman–Crippen LogP) is 4.74. The average molecular weight is 582 g/mol. The zero-order chi connectivity index (χ0) is 26.9. The van der Waals surface area contributed by atoms with Crippen LogP contribution >= 0.6 is 35.1 Å². The summed E-state index contributed by atoms with van der Waals surface area (Å²) in [6, 6.07) is 7.95. The molecule has 200 valence electrons. The third-order valence-corrected chi connectivity index (χ3v) is 8.60. The highest BCUT2D eigenvalue weighted by atomic mass is 35.5. The summed E-state index contributed by atoms with van der Waals surface area (Å²) in [5.41, 5.74) is 0.320. The molecular formula is C25H23ClF3N5O2S2. The molecular weight excluding hydrogens is 559 g/mol. The highest BCUT2D eigenvalue weighted by molar-refractivity contribution is 8.18. The van der Waals surface area contributed by atoms with E-state index in [4.69, 9.17) is 11.6 Å². The Kier molecular flexibility index (Phi) is 7.92. The molecule has 3 aliphatic heterocycles. The van der Waals surface area contributed by atoms with Crippen LogP contribution in [-0.4, -0.2) is 82.5 Å². The van der Waals surface area contributed by atoms with Gasteiger partial charge in [-0.25, -0.2) is 4.98 Å². The molecule has 2 saturated heterocycles. The van der Waals surface area contributed by atoms with Crippen LogP contribution in [0.15, 0.2) is 46.4 Å². The Balaban J connectivity index is 1.22. The van der Waals surface area contributed by atoms with Crippen molar-refractivity contribution in [3.8, 4) is 0 Å². The number of anilines is 1. The van der Waals surface area contributed by atoms with Crippen LogP contribution in [0.5, 0.6) is 0 Å². The maximum atomic E-state index is 13.2. The summed E-state index contributed by atoms with van der Waals surface area (Å²) in [5, 5.41) is 0.653. The number of rotatable bonds is 3. The molecule has 2 amide bonds. The standard InChI is InChI=1S/C25H23ClF3N5O2S2/c26-19-14-18(25(27,28)29)15-30-21(19)32-4-6-33(7-5-32)23(36)17-3-1-2-16(12-17)13-20-22(35)31-24(38-20)34-8-10-37-11-9-34/h1-3,12-15H,4-11H2/b20-13+. The maximum Gasteiger partial charge on any atom is 0.417 e. The van der Waals surface area contributed by atoms with Gasteiger partial charge < -0.3 is 14.7 Å². The van der Waals surface area contributed by atoms with E-state index in [9.17, 15) is 22.8 Å². The van der Waals surface area contributed by atoms with Crippen LogP contribution in [0.1, 0.15) is 21.5 Å². The van der Waals surface area contributed by atoms with Gasteiger partial charge in [-0.1, -0.05) is 23.7 Å². The fraction of sp³-hybridized carbons (Fsp3) is 0.360. The predicted molar refractivity (Wildman–Crippen MR) is 146 cm³/mol. The van der Waals surface area contributed by atoms with Crippen LogP contribution < -0.4 is 4.90 Å². The molecule has 0 bridgehead atoms. The molecule has 0 N–H and O–H groups in total. The van der Waals surface area contributed by atoms with Crippen LogP contribution in [-0.2, 0) is 11.0 Å². The third kappa shape index (κ3) is 5.97. The molecule has 0 saturated carbocycles. The van der Waals surface area contributed by atoms with E-state index in [1.807, 2.05) is 17.8 Å². The van der Waals surface area contributed by atoms with Gasteiger partial charge in [-0.15, -0.1) is 0 Å². The lowest BCUT2D eigenvalue weighted by Gasteiger charge is -2.36. The summed E-state index contributed by atoms with van der Waals surface area (Å²) in [6.07, 6.45) is -1.99. The van der Waals surface area contributed by atoms with E-state index in [0.717, 1.165) is 47.6 Å². The van der Waals surface area contributed by atoms with Crippen molar-refractivity contribution in [1.29, 1.82) is 0 Å². The van der Waals surface area contributed by atoms with Crippen molar-refractivity contribution >= 4 is 64.0 Å². The fourth-order valence-corrected chi connectivity index (χ4v) is 6.48. The Bertz CT molecular complexity index is 1310. The third-order valence-electron chi connectivity index (χ3n) is 6.34. The topological polar surface area (TPSA) is 69.1 Å². The van der Waals surface area contributed by atoms with Crippen molar-refractivity contribution in [3.63, 3.8) is 0 Å². The molecule has 4 heterocycles. The van der Waals surface area contributed by atoms with Gasteiger partial charge >= 0.3 is 6.18 Å². The summed E-state index contributed by atoms with van der Waals surface area (Å²) in [4.78, 5) is 39.9. The number of carbonyl (C=O) groups excluding carboxylic acids is 2. The lowest BCUT2D eigenvalue weighted by atomic mass is 10.1. The first-order chi connectivity index (χ1) is 18.2. The highest BCUT2D eigenvalue weighted by Crippen LogP contribution is 2.34. The molecule has 2 aromatic rings. The van der Waals surface area contributed by atoms with E-state index >= 15 is 0 Å². The Morgan fingerprint density at radius 2 is 1.76 bits per heavy atom. The first-order valence-electron chi connectivity index (χ1n) is 11.9. The number of benzene rings is 1. The van der Waals surface area contributed by atoms with Gasteiger partial charge in [0.1, 0.15) is 5.82 Å². The van der Waals surface area contributed by atoms with Crippen molar-refractivity contribution < 1.29 is 22.8 Å². The molecule has 13 heteroatoms.